The average Bonchev–Trinajstić information content (AvgIpc) is 2.69. The van der Waals surface area contributed by atoms with Crippen molar-refractivity contribution in [3.8, 4) is 0 Å². The molecule has 142 valence electrons. The van der Waals surface area contributed by atoms with Gasteiger partial charge in [0, 0.05) is 0 Å². The number of nitrogens with zero attached hydrogens (tertiary/aromatic N) is 1. The van der Waals surface area contributed by atoms with Gasteiger partial charge in [-0.3, -0.25) is 14.5 Å². The molecular formula is C22H26N2O3. The molecule has 0 bridgehead atoms. The van der Waals surface area contributed by atoms with Gasteiger partial charge in [-0.1, -0.05) is 60.7 Å². The minimum atomic E-state index is -0.730. The van der Waals surface area contributed by atoms with Crippen LogP contribution in [-0.2, 0) is 16.0 Å². The van der Waals surface area contributed by atoms with Gasteiger partial charge in [0.15, 0.2) is 0 Å². The Bertz CT molecular complexity index is 741. The average molecular weight is 366 g/mol. The topological polar surface area (TPSA) is 69.6 Å². The first-order valence-corrected chi connectivity index (χ1v) is 9.45. The second-order valence-corrected chi connectivity index (χ2v) is 7.11. The fourth-order valence-corrected chi connectivity index (χ4v) is 3.57. The maximum atomic E-state index is 12.6. The molecule has 5 heteroatoms. The number of benzene rings is 2. The second-order valence-electron chi connectivity index (χ2n) is 7.11. The summed E-state index contributed by atoms with van der Waals surface area (Å²) in [7, 11) is 0. The molecule has 1 unspecified atom stereocenters. The number of piperidine rings is 1. The fourth-order valence-electron chi connectivity index (χ4n) is 3.57. The lowest BCUT2D eigenvalue weighted by Crippen LogP contribution is -2.43. The van der Waals surface area contributed by atoms with Crippen molar-refractivity contribution < 1.29 is 14.7 Å². The first-order chi connectivity index (χ1) is 13.1. The van der Waals surface area contributed by atoms with Crippen LogP contribution in [0.15, 0.2) is 60.7 Å². The number of nitrogens with one attached hydrogen (secondary N) is 1. The van der Waals surface area contributed by atoms with Crippen LogP contribution in [0.1, 0.15) is 30.0 Å². The zero-order valence-corrected chi connectivity index (χ0v) is 15.4. The number of carbonyl (C=O) groups is 2. The molecule has 2 aromatic rings. The fraction of sp³-hybridized carbons (Fsp3) is 0.364. The van der Waals surface area contributed by atoms with Gasteiger partial charge in [-0.05, 0) is 43.5 Å². The summed E-state index contributed by atoms with van der Waals surface area (Å²) in [5.41, 5.74) is 2.26. The van der Waals surface area contributed by atoms with Crippen LogP contribution in [0.4, 0.5) is 0 Å². The molecule has 0 radical (unpaired) electrons. The molecule has 0 spiro atoms. The van der Waals surface area contributed by atoms with Crippen molar-refractivity contribution in [2.24, 2.45) is 5.92 Å². The summed E-state index contributed by atoms with van der Waals surface area (Å²) in [4.78, 5) is 25.7. The van der Waals surface area contributed by atoms with Gasteiger partial charge in [0.05, 0.1) is 18.5 Å². The van der Waals surface area contributed by atoms with E-state index < -0.39 is 5.97 Å². The van der Waals surface area contributed by atoms with E-state index in [9.17, 15) is 9.59 Å². The van der Waals surface area contributed by atoms with E-state index in [-0.39, 0.29) is 17.9 Å². The van der Waals surface area contributed by atoms with Gasteiger partial charge in [0.25, 0.3) is 0 Å². The number of hydrogen-bond donors (Lipinski definition) is 2. The molecule has 0 aromatic heterocycles. The summed E-state index contributed by atoms with van der Waals surface area (Å²) in [6.07, 6.45) is 1.95. The first-order valence-electron chi connectivity index (χ1n) is 9.45. The minimum Gasteiger partial charge on any atom is -0.481 e. The molecule has 0 saturated carbocycles. The monoisotopic (exact) mass is 366 g/mol. The lowest BCUT2D eigenvalue weighted by atomic mass is 9.97. The summed E-state index contributed by atoms with van der Waals surface area (Å²) < 4.78 is 0. The van der Waals surface area contributed by atoms with E-state index in [1.165, 1.54) is 5.56 Å². The van der Waals surface area contributed by atoms with E-state index in [1.54, 1.807) is 0 Å². The lowest BCUT2D eigenvalue weighted by molar-refractivity contribution is -0.143. The molecule has 1 aliphatic heterocycles. The van der Waals surface area contributed by atoms with Gasteiger partial charge in [-0.25, -0.2) is 0 Å². The maximum Gasteiger partial charge on any atom is 0.306 e. The highest BCUT2D eigenvalue weighted by atomic mass is 16.4. The van der Waals surface area contributed by atoms with E-state index in [4.69, 9.17) is 5.11 Å². The molecule has 0 aliphatic carbocycles. The Labute approximate surface area is 160 Å². The molecule has 1 atom stereocenters. The molecule has 5 nitrogen and oxygen atoms in total. The maximum absolute atomic E-state index is 12.6. The van der Waals surface area contributed by atoms with Crippen molar-refractivity contribution in [3.63, 3.8) is 0 Å². The number of carbonyl (C=O) groups excluding carboxylic acids is 1. The number of carboxylic acid groups (broad SMARTS) is 1. The zero-order valence-electron chi connectivity index (χ0n) is 15.4. The van der Waals surface area contributed by atoms with E-state index >= 15 is 0 Å². The Hall–Kier alpha value is -2.66. The Balaban J connectivity index is 1.60. The molecule has 1 amide bonds. The predicted molar refractivity (Wildman–Crippen MR) is 104 cm³/mol. The van der Waals surface area contributed by atoms with Gasteiger partial charge < -0.3 is 10.4 Å². The molecule has 1 heterocycles. The van der Waals surface area contributed by atoms with Crippen molar-refractivity contribution in [1.29, 1.82) is 0 Å². The van der Waals surface area contributed by atoms with Gasteiger partial charge in [-0.15, -0.1) is 0 Å². The normalized spacial score (nSPS) is 16.6. The van der Waals surface area contributed by atoms with Crippen LogP contribution in [0, 0.1) is 5.92 Å². The quantitative estimate of drug-likeness (QED) is 0.791. The highest BCUT2D eigenvalue weighted by molar-refractivity contribution is 5.78. The molecule has 1 fully saturated rings. The molecule has 2 N–H and O–H groups in total. The molecule has 1 aliphatic rings. The van der Waals surface area contributed by atoms with Crippen molar-refractivity contribution in [2.75, 3.05) is 19.6 Å². The number of likely N-dealkylation sites (tertiary alicyclic amines) is 1. The van der Waals surface area contributed by atoms with E-state index in [0.29, 0.717) is 32.5 Å². The third-order valence-electron chi connectivity index (χ3n) is 5.12. The van der Waals surface area contributed by atoms with Crippen molar-refractivity contribution >= 4 is 11.9 Å². The van der Waals surface area contributed by atoms with Crippen LogP contribution < -0.4 is 5.32 Å². The molecule has 27 heavy (non-hydrogen) atoms. The van der Waals surface area contributed by atoms with Crippen LogP contribution in [-0.4, -0.2) is 41.5 Å². The van der Waals surface area contributed by atoms with Crippen LogP contribution in [0.5, 0.6) is 0 Å². The highest BCUT2D eigenvalue weighted by Crippen LogP contribution is 2.20. The largest absolute Gasteiger partial charge is 0.481 e. The number of amides is 1. The molecule has 3 rings (SSSR count). The summed E-state index contributed by atoms with van der Waals surface area (Å²) >= 11 is 0. The van der Waals surface area contributed by atoms with Gasteiger partial charge in [0.2, 0.25) is 5.91 Å². The third kappa shape index (κ3) is 5.66. The van der Waals surface area contributed by atoms with Crippen LogP contribution in [0.3, 0.4) is 0 Å². The van der Waals surface area contributed by atoms with Gasteiger partial charge in [0.1, 0.15) is 0 Å². The lowest BCUT2D eigenvalue weighted by Gasteiger charge is -2.30. The predicted octanol–water partition coefficient (Wildman–Crippen LogP) is 2.88. The summed E-state index contributed by atoms with van der Waals surface area (Å²) in [5, 5.41) is 12.3. The van der Waals surface area contributed by atoms with E-state index in [2.05, 4.69) is 17.4 Å². The number of rotatable bonds is 7. The summed E-state index contributed by atoms with van der Waals surface area (Å²) in [6.45, 7) is 1.61. The van der Waals surface area contributed by atoms with E-state index in [1.807, 2.05) is 53.4 Å². The minimum absolute atomic E-state index is 0.0199. The van der Waals surface area contributed by atoms with Crippen molar-refractivity contribution in [1.82, 2.24) is 10.2 Å². The standard InChI is InChI=1S/C22H26N2O3/c25-21(16-24-13-11-19(12-14-24)22(26)27)23-20(18-9-5-2-6-10-18)15-17-7-3-1-4-8-17/h1-10,19-20H,11-16H2,(H,23,25)(H,26,27). The summed E-state index contributed by atoms with van der Waals surface area (Å²) in [6, 6.07) is 20.1. The van der Waals surface area contributed by atoms with Gasteiger partial charge >= 0.3 is 5.97 Å². The smallest absolute Gasteiger partial charge is 0.306 e. The Morgan fingerprint density at radius 2 is 1.59 bits per heavy atom. The molecule has 1 saturated heterocycles. The van der Waals surface area contributed by atoms with Crippen LogP contribution in [0.2, 0.25) is 0 Å². The second kappa shape index (κ2) is 9.33. The third-order valence-corrected chi connectivity index (χ3v) is 5.12. The molecule has 2 aromatic carbocycles. The number of carboxylic acids is 1. The van der Waals surface area contributed by atoms with Crippen LogP contribution in [0.25, 0.3) is 0 Å². The Morgan fingerprint density at radius 3 is 2.19 bits per heavy atom. The summed E-state index contributed by atoms with van der Waals surface area (Å²) in [5.74, 6) is -1.03. The molecular weight excluding hydrogens is 340 g/mol. The van der Waals surface area contributed by atoms with Gasteiger partial charge in [-0.2, -0.15) is 0 Å². The Kier molecular flexibility index (Phi) is 6.60. The van der Waals surface area contributed by atoms with Crippen molar-refractivity contribution in [2.45, 2.75) is 25.3 Å². The SMILES string of the molecule is O=C(CN1CCC(C(=O)O)CC1)NC(Cc1ccccc1)c1ccccc1. The Morgan fingerprint density at radius 1 is 1.00 bits per heavy atom. The zero-order chi connectivity index (χ0) is 19.1. The van der Waals surface area contributed by atoms with Crippen LogP contribution >= 0.6 is 0 Å². The number of aliphatic carboxylic acids is 1. The highest BCUT2D eigenvalue weighted by Gasteiger charge is 2.26. The first kappa shape index (κ1) is 19.1. The van der Waals surface area contributed by atoms with Crippen molar-refractivity contribution in [3.05, 3.63) is 71.8 Å². The van der Waals surface area contributed by atoms with E-state index in [0.717, 1.165) is 12.0 Å². The number of hydrogen-bond acceptors (Lipinski definition) is 3.